The van der Waals surface area contributed by atoms with Gasteiger partial charge in [-0.25, -0.2) is 9.18 Å². The number of halogens is 2. The molecule has 1 aliphatic rings. The average molecular weight is 316 g/mol. The molecule has 1 aromatic rings. The molecule has 0 aromatic heterocycles. The molecule has 0 saturated heterocycles. The van der Waals surface area contributed by atoms with Crippen molar-refractivity contribution in [3.05, 3.63) is 34.6 Å². The Labute approximate surface area is 126 Å². The topological polar surface area (TPSA) is 75.6 Å². The van der Waals surface area contributed by atoms with Crippen LogP contribution in [-0.2, 0) is 14.3 Å². The van der Waals surface area contributed by atoms with Crippen molar-refractivity contribution in [1.82, 2.24) is 5.32 Å². The molecule has 114 valence electrons. The fourth-order valence-electron chi connectivity index (χ4n) is 2.21. The Morgan fingerprint density at radius 2 is 2.24 bits per heavy atom. The minimum absolute atomic E-state index is 0.121. The largest absolute Gasteiger partial charge is 0.480 e. The van der Waals surface area contributed by atoms with Gasteiger partial charge in [-0.3, -0.25) is 4.79 Å². The third-order valence-electron chi connectivity index (χ3n) is 3.27. The summed E-state index contributed by atoms with van der Waals surface area (Å²) in [7, 11) is 0. The lowest BCUT2D eigenvalue weighted by Crippen LogP contribution is -2.29. The second-order valence-electron chi connectivity index (χ2n) is 4.82. The number of aliphatic carboxylic acids is 1. The van der Waals surface area contributed by atoms with E-state index in [-0.39, 0.29) is 30.9 Å². The Morgan fingerprint density at radius 3 is 2.90 bits per heavy atom. The van der Waals surface area contributed by atoms with E-state index in [0.717, 1.165) is 0 Å². The van der Waals surface area contributed by atoms with E-state index in [1.807, 2.05) is 0 Å². The van der Waals surface area contributed by atoms with Crippen LogP contribution in [-0.4, -0.2) is 36.7 Å². The van der Waals surface area contributed by atoms with E-state index in [1.54, 1.807) is 6.07 Å². The van der Waals surface area contributed by atoms with Crippen LogP contribution in [0.1, 0.15) is 17.9 Å². The van der Waals surface area contributed by atoms with Gasteiger partial charge in [0, 0.05) is 29.0 Å². The second kappa shape index (κ2) is 6.87. The van der Waals surface area contributed by atoms with Crippen molar-refractivity contribution in [3.8, 4) is 0 Å². The Balaban J connectivity index is 1.78. The normalized spacial score (nSPS) is 20.1. The summed E-state index contributed by atoms with van der Waals surface area (Å²) >= 11 is 5.96. The van der Waals surface area contributed by atoms with Crippen LogP contribution >= 0.6 is 11.6 Å². The van der Waals surface area contributed by atoms with Gasteiger partial charge in [-0.05, 0) is 18.6 Å². The molecule has 1 aliphatic carbocycles. The van der Waals surface area contributed by atoms with Crippen molar-refractivity contribution < 1.29 is 23.8 Å². The van der Waals surface area contributed by atoms with Gasteiger partial charge in [-0.2, -0.15) is 0 Å². The molecule has 1 aromatic carbocycles. The zero-order valence-electron chi connectivity index (χ0n) is 11.1. The van der Waals surface area contributed by atoms with E-state index in [2.05, 4.69) is 5.32 Å². The molecule has 21 heavy (non-hydrogen) atoms. The maximum Gasteiger partial charge on any atom is 0.329 e. The quantitative estimate of drug-likeness (QED) is 0.752. The monoisotopic (exact) mass is 315 g/mol. The number of amides is 1. The van der Waals surface area contributed by atoms with Crippen molar-refractivity contribution in [2.24, 2.45) is 5.92 Å². The summed E-state index contributed by atoms with van der Waals surface area (Å²) in [6.07, 6.45) is 0.558. The van der Waals surface area contributed by atoms with Gasteiger partial charge in [-0.15, -0.1) is 0 Å². The number of carboxylic acid groups (broad SMARTS) is 1. The molecule has 0 spiro atoms. The van der Waals surface area contributed by atoms with Crippen LogP contribution in [0, 0.1) is 11.7 Å². The van der Waals surface area contributed by atoms with Crippen molar-refractivity contribution in [1.29, 1.82) is 0 Å². The summed E-state index contributed by atoms with van der Waals surface area (Å²) in [6.45, 7) is -0.0526. The van der Waals surface area contributed by atoms with Crippen LogP contribution in [0.3, 0.4) is 0 Å². The smallest absolute Gasteiger partial charge is 0.329 e. The molecule has 7 heteroatoms. The molecule has 0 heterocycles. The van der Waals surface area contributed by atoms with E-state index in [1.165, 1.54) is 12.1 Å². The average Bonchev–Trinajstić information content (AvgIpc) is 3.18. The van der Waals surface area contributed by atoms with Crippen LogP contribution in [0.15, 0.2) is 18.2 Å². The minimum atomic E-state index is -1.06. The van der Waals surface area contributed by atoms with Crippen molar-refractivity contribution in [2.75, 3.05) is 19.8 Å². The lowest BCUT2D eigenvalue weighted by Gasteiger charge is -2.07. The highest BCUT2D eigenvalue weighted by Crippen LogP contribution is 2.50. The minimum Gasteiger partial charge on any atom is -0.480 e. The van der Waals surface area contributed by atoms with Gasteiger partial charge in [-0.1, -0.05) is 17.7 Å². The molecule has 1 amide bonds. The summed E-state index contributed by atoms with van der Waals surface area (Å²) < 4.78 is 18.5. The number of hydrogen-bond acceptors (Lipinski definition) is 3. The standard InChI is InChI=1S/C14H15ClFNO4/c15-10-2-1-3-11(16)13(10)8-6-9(8)14(20)17-4-5-21-7-12(18)19/h1-3,8-9H,4-7H2,(H,17,20)(H,18,19). The third-order valence-corrected chi connectivity index (χ3v) is 3.60. The predicted molar refractivity (Wildman–Crippen MR) is 73.7 cm³/mol. The van der Waals surface area contributed by atoms with E-state index in [9.17, 15) is 14.0 Å². The number of rotatable bonds is 7. The van der Waals surface area contributed by atoms with E-state index < -0.39 is 18.4 Å². The third kappa shape index (κ3) is 4.15. The van der Waals surface area contributed by atoms with Crippen LogP contribution < -0.4 is 5.32 Å². The van der Waals surface area contributed by atoms with Crippen molar-refractivity contribution >= 4 is 23.5 Å². The number of ether oxygens (including phenoxy) is 1. The van der Waals surface area contributed by atoms with Gasteiger partial charge in [0.05, 0.1) is 6.61 Å². The molecule has 2 unspecified atom stereocenters. The van der Waals surface area contributed by atoms with Crippen molar-refractivity contribution in [3.63, 3.8) is 0 Å². The molecule has 2 atom stereocenters. The van der Waals surface area contributed by atoms with Gasteiger partial charge in [0.1, 0.15) is 12.4 Å². The van der Waals surface area contributed by atoms with Crippen LogP contribution in [0.5, 0.6) is 0 Å². The maximum absolute atomic E-state index is 13.7. The van der Waals surface area contributed by atoms with Crippen molar-refractivity contribution in [2.45, 2.75) is 12.3 Å². The molecular formula is C14H15ClFNO4. The van der Waals surface area contributed by atoms with E-state index in [0.29, 0.717) is 17.0 Å². The number of carbonyl (C=O) groups excluding carboxylic acids is 1. The first kappa shape index (κ1) is 15.7. The Hall–Kier alpha value is -1.66. The number of nitrogens with one attached hydrogen (secondary N) is 1. The Morgan fingerprint density at radius 1 is 1.48 bits per heavy atom. The summed E-state index contributed by atoms with van der Waals surface area (Å²) in [6, 6.07) is 4.46. The Bertz CT molecular complexity index is 532. The van der Waals surface area contributed by atoms with Crippen LogP contribution in [0.4, 0.5) is 4.39 Å². The molecule has 2 N–H and O–H groups in total. The maximum atomic E-state index is 13.7. The highest BCUT2D eigenvalue weighted by Gasteiger charge is 2.46. The van der Waals surface area contributed by atoms with Gasteiger partial charge >= 0.3 is 5.97 Å². The molecule has 5 nitrogen and oxygen atoms in total. The SMILES string of the molecule is O=C(O)COCCNC(=O)C1CC1c1c(F)cccc1Cl. The first-order valence-electron chi connectivity index (χ1n) is 6.52. The number of carboxylic acids is 1. The summed E-state index contributed by atoms with van der Waals surface area (Å²) in [5.74, 6) is -2.14. The molecule has 0 radical (unpaired) electrons. The second-order valence-corrected chi connectivity index (χ2v) is 5.23. The summed E-state index contributed by atoms with van der Waals surface area (Å²) in [5.41, 5.74) is 0.390. The lowest BCUT2D eigenvalue weighted by molar-refractivity contribution is -0.142. The number of benzene rings is 1. The van der Waals surface area contributed by atoms with Gasteiger partial charge in [0.2, 0.25) is 5.91 Å². The fraction of sp³-hybridized carbons (Fsp3) is 0.429. The molecule has 0 aliphatic heterocycles. The number of hydrogen-bond donors (Lipinski definition) is 2. The van der Waals surface area contributed by atoms with Crippen LogP contribution in [0.2, 0.25) is 5.02 Å². The van der Waals surface area contributed by atoms with E-state index >= 15 is 0 Å². The van der Waals surface area contributed by atoms with Gasteiger partial charge in [0.15, 0.2) is 0 Å². The summed E-state index contributed by atoms with van der Waals surface area (Å²) in [4.78, 5) is 22.1. The van der Waals surface area contributed by atoms with Gasteiger partial charge < -0.3 is 15.2 Å². The van der Waals surface area contributed by atoms with Gasteiger partial charge in [0.25, 0.3) is 0 Å². The molecular weight excluding hydrogens is 301 g/mol. The Kier molecular flexibility index (Phi) is 5.14. The first-order valence-corrected chi connectivity index (χ1v) is 6.89. The zero-order chi connectivity index (χ0) is 15.4. The highest BCUT2D eigenvalue weighted by atomic mass is 35.5. The molecule has 1 fully saturated rings. The number of carbonyl (C=O) groups is 2. The molecule has 1 saturated carbocycles. The zero-order valence-corrected chi connectivity index (χ0v) is 11.9. The summed E-state index contributed by atoms with van der Waals surface area (Å²) in [5, 5.41) is 11.3. The predicted octanol–water partition coefficient (Wildman–Crippen LogP) is 1.80. The highest BCUT2D eigenvalue weighted by molar-refractivity contribution is 6.31. The fourth-order valence-corrected chi connectivity index (χ4v) is 2.51. The van der Waals surface area contributed by atoms with E-state index in [4.69, 9.17) is 21.4 Å². The molecule has 2 rings (SSSR count). The lowest BCUT2D eigenvalue weighted by atomic mass is 10.1. The first-order chi connectivity index (χ1) is 10.0. The van der Waals surface area contributed by atoms with Crippen LogP contribution in [0.25, 0.3) is 0 Å². The molecule has 0 bridgehead atoms.